The van der Waals surface area contributed by atoms with Crippen molar-refractivity contribution in [2.24, 2.45) is 0 Å². The molecule has 0 radical (unpaired) electrons. The summed E-state index contributed by atoms with van der Waals surface area (Å²) < 4.78 is 4.80. The average Bonchev–Trinajstić information content (AvgIpc) is 3.04. The molecule has 2 aromatic carbocycles. The number of ether oxygens (including phenoxy) is 1. The van der Waals surface area contributed by atoms with Gasteiger partial charge in [-0.25, -0.2) is 4.79 Å². The Bertz CT molecular complexity index is 1000. The summed E-state index contributed by atoms with van der Waals surface area (Å²) in [7, 11) is 1.24. The fraction of sp³-hybridized carbons (Fsp3) is 0.136. The standard InChI is InChI=1S/C22H19NO4/c1-14-19(22(26)27-2)20(18(13-24)23-14)21(25)17-11-7-6-10-16(17)12-15-8-4-3-5-9-15/h3-11,13,23H,12H2,1-2H3. The molecule has 0 amide bonds. The van der Waals surface area contributed by atoms with E-state index in [0.717, 1.165) is 11.1 Å². The number of H-pyrrole nitrogens is 1. The number of hydrogen-bond acceptors (Lipinski definition) is 4. The van der Waals surface area contributed by atoms with Gasteiger partial charge < -0.3 is 9.72 Å². The van der Waals surface area contributed by atoms with Gasteiger partial charge in [0.15, 0.2) is 12.1 Å². The third kappa shape index (κ3) is 3.58. The molecule has 0 saturated heterocycles. The Balaban J connectivity index is 2.10. The lowest BCUT2D eigenvalue weighted by Gasteiger charge is -2.10. The van der Waals surface area contributed by atoms with Gasteiger partial charge in [-0.3, -0.25) is 9.59 Å². The molecular weight excluding hydrogens is 342 g/mol. The van der Waals surface area contributed by atoms with Gasteiger partial charge in [0.2, 0.25) is 0 Å². The van der Waals surface area contributed by atoms with Crippen molar-refractivity contribution in [3.05, 3.63) is 93.8 Å². The Morgan fingerprint density at radius 2 is 1.67 bits per heavy atom. The number of carbonyl (C=O) groups excluding carboxylic acids is 3. The van der Waals surface area contributed by atoms with Gasteiger partial charge in [0.1, 0.15) is 0 Å². The molecule has 0 atom stereocenters. The minimum Gasteiger partial charge on any atom is -0.465 e. The van der Waals surface area contributed by atoms with Crippen LogP contribution in [0.3, 0.4) is 0 Å². The highest BCUT2D eigenvalue weighted by atomic mass is 16.5. The summed E-state index contributed by atoms with van der Waals surface area (Å²) in [5, 5.41) is 0. The van der Waals surface area contributed by atoms with E-state index in [1.807, 2.05) is 42.5 Å². The van der Waals surface area contributed by atoms with Crippen LogP contribution in [0.2, 0.25) is 0 Å². The highest BCUT2D eigenvalue weighted by molar-refractivity contribution is 6.18. The van der Waals surface area contributed by atoms with E-state index in [2.05, 4.69) is 4.98 Å². The van der Waals surface area contributed by atoms with Crippen molar-refractivity contribution < 1.29 is 19.1 Å². The zero-order chi connectivity index (χ0) is 19.4. The minimum atomic E-state index is -0.652. The number of aromatic amines is 1. The second-order valence-electron chi connectivity index (χ2n) is 6.17. The van der Waals surface area contributed by atoms with Gasteiger partial charge in [0.05, 0.1) is 23.9 Å². The maximum absolute atomic E-state index is 13.3. The molecule has 0 saturated carbocycles. The Morgan fingerprint density at radius 1 is 1.00 bits per heavy atom. The first-order valence-electron chi connectivity index (χ1n) is 8.49. The third-order valence-corrected chi connectivity index (χ3v) is 4.45. The van der Waals surface area contributed by atoms with Gasteiger partial charge in [-0.1, -0.05) is 54.6 Å². The molecule has 1 heterocycles. The lowest BCUT2D eigenvalue weighted by Crippen LogP contribution is -2.13. The molecule has 0 bridgehead atoms. The maximum atomic E-state index is 13.3. The van der Waals surface area contributed by atoms with E-state index in [1.165, 1.54) is 7.11 Å². The molecule has 3 rings (SSSR count). The van der Waals surface area contributed by atoms with Crippen molar-refractivity contribution in [1.29, 1.82) is 0 Å². The number of benzene rings is 2. The molecule has 0 aliphatic rings. The summed E-state index contributed by atoms with van der Waals surface area (Å²) in [4.78, 5) is 39.8. The van der Waals surface area contributed by atoms with Crippen LogP contribution in [0.1, 0.15) is 53.6 Å². The third-order valence-electron chi connectivity index (χ3n) is 4.45. The van der Waals surface area contributed by atoms with Gasteiger partial charge in [0.25, 0.3) is 0 Å². The molecule has 1 N–H and O–H groups in total. The van der Waals surface area contributed by atoms with Crippen LogP contribution in [-0.2, 0) is 11.2 Å². The van der Waals surface area contributed by atoms with E-state index < -0.39 is 5.97 Å². The fourth-order valence-corrected chi connectivity index (χ4v) is 3.18. The fourth-order valence-electron chi connectivity index (χ4n) is 3.18. The first-order valence-corrected chi connectivity index (χ1v) is 8.49. The predicted molar refractivity (Wildman–Crippen MR) is 101 cm³/mol. The first-order chi connectivity index (χ1) is 13.1. The van der Waals surface area contributed by atoms with E-state index in [4.69, 9.17) is 4.74 Å². The maximum Gasteiger partial charge on any atom is 0.340 e. The van der Waals surface area contributed by atoms with E-state index in [-0.39, 0.29) is 22.6 Å². The molecule has 0 fully saturated rings. The number of carbonyl (C=O) groups is 3. The average molecular weight is 361 g/mol. The Morgan fingerprint density at radius 3 is 2.33 bits per heavy atom. The van der Waals surface area contributed by atoms with Crippen LogP contribution in [0.25, 0.3) is 0 Å². The second kappa shape index (κ2) is 7.83. The highest BCUT2D eigenvalue weighted by Crippen LogP contribution is 2.25. The molecule has 0 aliphatic carbocycles. The smallest absolute Gasteiger partial charge is 0.340 e. The van der Waals surface area contributed by atoms with E-state index in [0.29, 0.717) is 24.0 Å². The molecule has 5 nitrogen and oxygen atoms in total. The number of nitrogens with one attached hydrogen (secondary N) is 1. The van der Waals surface area contributed by atoms with Gasteiger partial charge >= 0.3 is 5.97 Å². The molecular formula is C22H19NO4. The van der Waals surface area contributed by atoms with Crippen molar-refractivity contribution >= 4 is 18.0 Å². The number of aromatic nitrogens is 1. The number of rotatable bonds is 6. The number of aldehydes is 1. The largest absolute Gasteiger partial charge is 0.465 e. The summed E-state index contributed by atoms with van der Waals surface area (Å²) in [5.74, 6) is -1.03. The van der Waals surface area contributed by atoms with Crippen molar-refractivity contribution in [3.8, 4) is 0 Å². The van der Waals surface area contributed by atoms with E-state index in [9.17, 15) is 14.4 Å². The minimum absolute atomic E-state index is 0.0508. The first kappa shape index (κ1) is 18.3. The van der Waals surface area contributed by atoms with Crippen LogP contribution < -0.4 is 0 Å². The zero-order valence-electron chi connectivity index (χ0n) is 15.1. The van der Waals surface area contributed by atoms with Crippen molar-refractivity contribution in [3.63, 3.8) is 0 Å². The van der Waals surface area contributed by atoms with E-state index in [1.54, 1.807) is 19.1 Å². The molecule has 27 heavy (non-hydrogen) atoms. The van der Waals surface area contributed by atoms with Crippen LogP contribution >= 0.6 is 0 Å². The van der Waals surface area contributed by atoms with Crippen LogP contribution in [0.4, 0.5) is 0 Å². The number of ketones is 1. The van der Waals surface area contributed by atoms with Crippen LogP contribution in [-0.4, -0.2) is 30.1 Å². The molecule has 3 aromatic rings. The number of hydrogen-bond donors (Lipinski definition) is 1. The lowest BCUT2D eigenvalue weighted by atomic mass is 9.92. The van der Waals surface area contributed by atoms with E-state index >= 15 is 0 Å². The summed E-state index contributed by atoms with van der Waals surface area (Å²) in [6.45, 7) is 1.63. The Labute approximate surface area is 157 Å². The molecule has 0 unspecified atom stereocenters. The topological polar surface area (TPSA) is 76.2 Å². The molecule has 1 aromatic heterocycles. The van der Waals surface area contributed by atoms with Crippen LogP contribution in [0.15, 0.2) is 54.6 Å². The summed E-state index contributed by atoms with van der Waals surface area (Å²) in [6.07, 6.45) is 1.11. The number of methoxy groups -OCH3 is 1. The van der Waals surface area contributed by atoms with Crippen molar-refractivity contribution in [1.82, 2.24) is 4.98 Å². The van der Waals surface area contributed by atoms with Crippen molar-refractivity contribution in [2.75, 3.05) is 7.11 Å². The highest BCUT2D eigenvalue weighted by Gasteiger charge is 2.28. The summed E-state index contributed by atoms with van der Waals surface area (Å²) in [6, 6.07) is 17.0. The quantitative estimate of drug-likeness (QED) is 0.412. The van der Waals surface area contributed by atoms with Gasteiger partial charge in [-0.05, 0) is 24.5 Å². The Hall–Kier alpha value is -3.47. The SMILES string of the molecule is COC(=O)c1c(C)[nH]c(C=O)c1C(=O)c1ccccc1Cc1ccccc1. The molecule has 0 aliphatic heterocycles. The molecule has 0 spiro atoms. The van der Waals surface area contributed by atoms with Crippen LogP contribution in [0.5, 0.6) is 0 Å². The van der Waals surface area contributed by atoms with Crippen LogP contribution in [0, 0.1) is 6.92 Å². The van der Waals surface area contributed by atoms with Gasteiger partial charge in [-0.2, -0.15) is 0 Å². The second-order valence-corrected chi connectivity index (χ2v) is 6.17. The predicted octanol–water partition coefficient (Wildman–Crippen LogP) is 3.74. The summed E-state index contributed by atoms with van der Waals surface area (Å²) in [5.41, 5.74) is 2.98. The number of aryl methyl sites for hydroxylation is 1. The van der Waals surface area contributed by atoms with Crippen molar-refractivity contribution in [2.45, 2.75) is 13.3 Å². The van der Waals surface area contributed by atoms with Gasteiger partial charge in [0, 0.05) is 11.3 Å². The normalized spacial score (nSPS) is 10.4. The monoisotopic (exact) mass is 361 g/mol. The molecule has 136 valence electrons. The lowest BCUT2D eigenvalue weighted by molar-refractivity contribution is 0.0597. The Kier molecular flexibility index (Phi) is 5.31. The summed E-state index contributed by atoms with van der Waals surface area (Å²) >= 11 is 0. The number of esters is 1. The molecule has 5 heteroatoms. The van der Waals surface area contributed by atoms with Gasteiger partial charge in [-0.15, -0.1) is 0 Å². The zero-order valence-corrected chi connectivity index (χ0v) is 15.1.